The molecule has 0 atom stereocenters. The van der Waals surface area contributed by atoms with Crippen molar-refractivity contribution in [2.75, 3.05) is 17.7 Å². The Kier molecular flexibility index (Phi) is 4.12. The highest BCUT2D eigenvalue weighted by Crippen LogP contribution is 2.03. The quantitative estimate of drug-likeness (QED) is 0.718. The minimum atomic E-state index is -0.230. The number of benzene rings is 1. The second-order valence-electron chi connectivity index (χ2n) is 2.44. The van der Waals surface area contributed by atoms with Crippen LogP contribution in [-0.2, 0) is 0 Å². The number of amides is 2. The van der Waals surface area contributed by atoms with Gasteiger partial charge in [-0.1, -0.05) is 18.2 Å². The molecule has 3 nitrogen and oxygen atoms in total. The fraction of sp³-hybridized carbons (Fsp3) is 0.222. The van der Waals surface area contributed by atoms with Crippen molar-refractivity contribution in [1.82, 2.24) is 5.32 Å². The van der Waals surface area contributed by atoms with Crippen LogP contribution in [0.3, 0.4) is 0 Å². The molecule has 0 saturated carbocycles. The van der Waals surface area contributed by atoms with E-state index in [0.29, 0.717) is 12.4 Å². The maximum atomic E-state index is 11.1. The number of halogens is 1. The average Bonchev–Trinajstić information content (AvgIpc) is 2.16. The number of urea groups is 1. The Morgan fingerprint density at radius 2 is 2.00 bits per heavy atom. The number of anilines is 1. The van der Waals surface area contributed by atoms with Gasteiger partial charge >= 0.3 is 6.03 Å². The van der Waals surface area contributed by atoms with E-state index in [0.717, 1.165) is 5.69 Å². The zero-order chi connectivity index (χ0) is 9.52. The van der Waals surface area contributed by atoms with E-state index in [9.17, 15) is 4.79 Å². The summed E-state index contributed by atoms with van der Waals surface area (Å²) < 4.78 is 0. The van der Waals surface area contributed by atoms with Gasteiger partial charge in [-0.25, -0.2) is 4.79 Å². The van der Waals surface area contributed by atoms with Crippen molar-refractivity contribution in [3.63, 3.8) is 0 Å². The van der Waals surface area contributed by atoms with Crippen molar-refractivity contribution in [2.45, 2.75) is 0 Å². The van der Waals surface area contributed by atoms with E-state index in [4.69, 9.17) is 11.6 Å². The van der Waals surface area contributed by atoms with Crippen molar-refractivity contribution >= 4 is 23.3 Å². The lowest BCUT2D eigenvalue weighted by atomic mass is 10.3. The Labute approximate surface area is 82.1 Å². The zero-order valence-electron chi connectivity index (χ0n) is 7.09. The number of hydrogen-bond acceptors (Lipinski definition) is 1. The van der Waals surface area contributed by atoms with Crippen molar-refractivity contribution in [3.05, 3.63) is 30.3 Å². The van der Waals surface area contributed by atoms with Gasteiger partial charge in [0, 0.05) is 18.1 Å². The smallest absolute Gasteiger partial charge is 0.319 e. The van der Waals surface area contributed by atoms with Crippen molar-refractivity contribution < 1.29 is 4.79 Å². The Balaban J connectivity index is 2.37. The molecule has 13 heavy (non-hydrogen) atoms. The molecule has 0 spiro atoms. The van der Waals surface area contributed by atoms with Gasteiger partial charge in [0.25, 0.3) is 0 Å². The first-order chi connectivity index (χ1) is 6.33. The SMILES string of the molecule is O=C(NCCCl)Nc1ccccc1. The van der Waals surface area contributed by atoms with Gasteiger partial charge in [0.05, 0.1) is 0 Å². The molecule has 0 unspecified atom stereocenters. The number of rotatable bonds is 3. The van der Waals surface area contributed by atoms with Crippen LogP contribution in [0.5, 0.6) is 0 Å². The normalized spacial score (nSPS) is 9.31. The molecule has 2 N–H and O–H groups in total. The Hall–Kier alpha value is -1.22. The first kappa shape index (κ1) is 9.86. The number of para-hydroxylation sites is 1. The van der Waals surface area contributed by atoms with Gasteiger partial charge < -0.3 is 10.6 Å². The maximum Gasteiger partial charge on any atom is 0.319 e. The van der Waals surface area contributed by atoms with E-state index >= 15 is 0 Å². The van der Waals surface area contributed by atoms with E-state index in [1.165, 1.54) is 0 Å². The average molecular weight is 199 g/mol. The minimum absolute atomic E-state index is 0.230. The van der Waals surface area contributed by atoms with Crippen LogP contribution < -0.4 is 10.6 Å². The molecule has 70 valence electrons. The monoisotopic (exact) mass is 198 g/mol. The molecule has 0 aliphatic carbocycles. The summed E-state index contributed by atoms with van der Waals surface area (Å²) in [5.74, 6) is 0.419. The molecule has 0 heterocycles. The van der Waals surface area contributed by atoms with Crippen LogP contribution in [0.15, 0.2) is 30.3 Å². The number of nitrogens with one attached hydrogen (secondary N) is 2. The third kappa shape index (κ3) is 3.80. The number of hydrogen-bond donors (Lipinski definition) is 2. The summed E-state index contributed by atoms with van der Waals surface area (Å²) in [6.07, 6.45) is 0. The van der Waals surface area contributed by atoms with Gasteiger partial charge in [-0.3, -0.25) is 0 Å². The number of carbonyl (C=O) groups is 1. The lowest BCUT2D eigenvalue weighted by Gasteiger charge is -2.05. The zero-order valence-corrected chi connectivity index (χ0v) is 7.84. The van der Waals surface area contributed by atoms with Crippen molar-refractivity contribution in [1.29, 1.82) is 0 Å². The van der Waals surface area contributed by atoms with Crippen molar-refractivity contribution in [2.24, 2.45) is 0 Å². The first-order valence-electron chi connectivity index (χ1n) is 3.99. The molecule has 0 aliphatic heterocycles. The van der Waals surface area contributed by atoms with E-state index < -0.39 is 0 Å². The molecular formula is C9H11ClN2O. The van der Waals surface area contributed by atoms with Gasteiger partial charge in [-0.05, 0) is 12.1 Å². The molecule has 0 saturated heterocycles. The number of alkyl halides is 1. The topological polar surface area (TPSA) is 41.1 Å². The van der Waals surface area contributed by atoms with Crippen LogP contribution >= 0.6 is 11.6 Å². The summed E-state index contributed by atoms with van der Waals surface area (Å²) in [7, 11) is 0. The first-order valence-corrected chi connectivity index (χ1v) is 4.52. The third-order valence-electron chi connectivity index (χ3n) is 1.41. The van der Waals surface area contributed by atoms with Crippen LogP contribution in [0.1, 0.15) is 0 Å². The van der Waals surface area contributed by atoms with Gasteiger partial charge in [-0.2, -0.15) is 0 Å². The summed E-state index contributed by atoms with van der Waals surface area (Å²) in [6.45, 7) is 0.472. The Morgan fingerprint density at radius 1 is 1.31 bits per heavy atom. The summed E-state index contributed by atoms with van der Waals surface area (Å²) in [5.41, 5.74) is 0.773. The summed E-state index contributed by atoms with van der Waals surface area (Å²) in [5, 5.41) is 5.27. The van der Waals surface area contributed by atoms with E-state index in [-0.39, 0.29) is 6.03 Å². The van der Waals surface area contributed by atoms with E-state index in [1.807, 2.05) is 30.3 Å². The van der Waals surface area contributed by atoms with Crippen LogP contribution in [0, 0.1) is 0 Å². The maximum absolute atomic E-state index is 11.1. The Bertz CT molecular complexity index is 264. The summed E-state index contributed by atoms with van der Waals surface area (Å²) in [4.78, 5) is 11.1. The molecule has 1 aromatic carbocycles. The Morgan fingerprint density at radius 3 is 2.62 bits per heavy atom. The molecule has 0 aromatic heterocycles. The van der Waals surface area contributed by atoms with Gasteiger partial charge in [0.2, 0.25) is 0 Å². The van der Waals surface area contributed by atoms with E-state index in [1.54, 1.807) is 0 Å². The summed E-state index contributed by atoms with van der Waals surface area (Å²) in [6, 6.07) is 9.02. The third-order valence-corrected chi connectivity index (χ3v) is 1.60. The molecule has 0 aliphatic rings. The predicted molar refractivity (Wildman–Crippen MR) is 54.2 cm³/mol. The second-order valence-corrected chi connectivity index (χ2v) is 2.81. The largest absolute Gasteiger partial charge is 0.337 e. The molecule has 0 radical (unpaired) electrons. The van der Waals surface area contributed by atoms with Crippen LogP contribution in [0.2, 0.25) is 0 Å². The highest BCUT2D eigenvalue weighted by Gasteiger charge is 1.97. The molecule has 4 heteroatoms. The summed E-state index contributed by atoms with van der Waals surface area (Å²) >= 11 is 5.41. The van der Waals surface area contributed by atoms with Gasteiger partial charge in [0.1, 0.15) is 0 Å². The second kappa shape index (κ2) is 5.43. The fourth-order valence-corrected chi connectivity index (χ4v) is 0.952. The molecule has 0 bridgehead atoms. The number of carbonyl (C=O) groups excluding carboxylic acids is 1. The highest BCUT2D eigenvalue weighted by atomic mass is 35.5. The van der Waals surface area contributed by atoms with E-state index in [2.05, 4.69) is 10.6 Å². The molecule has 0 fully saturated rings. The standard InChI is InChI=1S/C9H11ClN2O/c10-6-7-11-9(13)12-8-4-2-1-3-5-8/h1-5H,6-7H2,(H2,11,12,13). The fourth-order valence-electron chi connectivity index (χ4n) is 0.858. The van der Waals surface area contributed by atoms with Gasteiger partial charge in [-0.15, -0.1) is 11.6 Å². The molecule has 1 rings (SSSR count). The van der Waals surface area contributed by atoms with Gasteiger partial charge in [0.15, 0.2) is 0 Å². The van der Waals surface area contributed by atoms with Crippen molar-refractivity contribution in [3.8, 4) is 0 Å². The van der Waals surface area contributed by atoms with Crippen LogP contribution in [-0.4, -0.2) is 18.5 Å². The molecule has 1 aromatic rings. The minimum Gasteiger partial charge on any atom is -0.337 e. The lowest BCUT2D eigenvalue weighted by Crippen LogP contribution is -2.30. The van der Waals surface area contributed by atoms with Crippen LogP contribution in [0.4, 0.5) is 10.5 Å². The lowest BCUT2D eigenvalue weighted by molar-refractivity contribution is 0.252. The predicted octanol–water partition coefficient (Wildman–Crippen LogP) is 2.05. The van der Waals surface area contributed by atoms with Crippen LogP contribution in [0.25, 0.3) is 0 Å². The highest BCUT2D eigenvalue weighted by molar-refractivity contribution is 6.18. The molecule has 2 amide bonds. The molecular weight excluding hydrogens is 188 g/mol.